The Labute approximate surface area is 142 Å². The molecule has 21 heavy (non-hydrogen) atoms. The van der Waals surface area contributed by atoms with Crippen LogP contribution < -0.4 is 21.2 Å². The van der Waals surface area contributed by atoms with Gasteiger partial charge in [-0.05, 0) is 25.7 Å². The van der Waals surface area contributed by atoms with Crippen molar-refractivity contribution < 1.29 is 26.2 Å². The van der Waals surface area contributed by atoms with Gasteiger partial charge in [-0.3, -0.25) is 0 Å². The molecule has 0 radical (unpaired) electrons. The first-order valence-electron chi connectivity index (χ1n) is 8.93. The van der Waals surface area contributed by atoms with E-state index in [4.69, 9.17) is 0 Å². The maximum atomic E-state index is 12.0. The van der Waals surface area contributed by atoms with Crippen molar-refractivity contribution in [1.29, 1.82) is 0 Å². The van der Waals surface area contributed by atoms with Crippen LogP contribution in [0.1, 0.15) is 80.1 Å². The molecule has 1 saturated heterocycles. The van der Waals surface area contributed by atoms with Crippen molar-refractivity contribution in [2.24, 2.45) is 0 Å². The molecule has 1 rings (SSSR count). The summed E-state index contributed by atoms with van der Waals surface area (Å²) in [6, 6.07) is 0. The molecule has 1 aliphatic heterocycles. The highest BCUT2D eigenvalue weighted by atomic mass is 127. The number of rotatable bonds is 9. The Morgan fingerprint density at radius 3 is 1.71 bits per heavy atom. The first-order valence-corrected chi connectivity index (χ1v) is 11.2. The van der Waals surface area contributed by atoms with Crippen molar-refractivity contribution in [2.75, 3.05) is 0 Å². The fourth-order valence-corrected chi connectivity index (χ4v) is 9.00. The molecule has 122 valence electrons. The van der Waals surface area contributed by atoms with E-state index in [2.05, 4.69) is 53.7 Å². The second-order valence-corrected chi connectivity index (χ2v) is 10.3. The molecule has 0 bridgehead atoms. The van der Waals surface area contributed by atoms with Gasteiger partial charge in [0.15, 0.2) is 3.92 Å². The summed E-state index contributed by atoms with van der Waals surface area (Å²) < 4.78 is 1.06. The summed E-state index contributed by atoms with van der Waals surface area (Å²) in [7, 11) is 0. The van der Waals surface area contributed by atoms with Gasteiger partial charge in [0, 0.05) is 0 Å². The van der Waals surface area contributed by atoms with Crippen LogP contribution in [0.3, 0.4) is 0 Å². The third-order valence-electron chi connectivity index (χ3n) is 5.22. The van der Waals surface area contributed by atoms with E-state index < -0.39 is 6.35 Å². The average Bonchev–Trinajstić information content (AvgIpc) is 3.24. The molecule has 3 heteroatoms. The van der Waals surface area contributed by atoms with Gasteiger partial charge in [0.25, 0.3) is 0 Å². The quantitative estimate of drug-likeness (QED) is 0.355. The zero-order valence-corrected chi connectivity index (χ0v) is 17.0. The molecule has 2 unspecified atom stereocenters. The number of hydrogen-bond donors (Lipinski definition) is 1. The van der Waals surface area contributed by atoms with Gasteiger partial charge in [-0.2, -0.15) is 10.9 Å². The minimum atomic E-state index is -1.48. The molecule has 1 nitrogen and oxygen atoms in total. The van der Waals surface area contributed by atoms with Crippen LogP contribution in [0.2, 0.25) is 0 Å². The van der Waals surface area contributed by atoms with E-state index in [-0.39, 0.29) is 24.5 Å². The smallest absolute Gasteiger partial charge is 0.247 e. The monoisotopic (exact) mass is 404 g/mol. The van der Waals surface area contributed by atoms with Crippen LogP contribution in [-0.2, 0) is 0 Å². The van der Waals surface area contributed by atoms with E-state index in [1.807, 2.05) is 0 Å². The van der Waals surface area contributed by atoms with Crippen LogP contribution in [0.15, 0.2) is 23.1 Å². The first-order chi connectivity index (χ1) is 10.0. The Morgan fingerprint density at radius 2 is 1.48 bits per heavy atom. The number of halogens is 1. The lowest BCUT2D eigenvalue weighted by Gasteiger charge is -2.42. The molecule has 0 aromatic rings. The third kappa shape index (κ3) is 3.29. The molecule has 1 aliphatic rings. The van der Waals surface area contributed by atoms with Crippen LogP contribution in [0.5, 0.6) is 0 Å². The molecule has 2 atom stereocenters. The topological polar surface area (TPSA) is 20.2 Å². The highest BCUT2D eigenvalue weighted by molar-refractivity contribution is 6.89. The summed E-state index contributed by atoms with van der Waals surface area (Å²) in [5.41, 5.74) is 2.69. The lowest BCUT2D eigenvalue weighted by Crippen LogP contribution is -3.53. The highest BCUT2D eigenvalue weighted by Crippen LogP contribution is 2.39. The van der Waals surface area contributed by atoms with Gasteiger partial charge in [0.2, 0.25) is 27.6 Å². The summed E-state index contributed by atoms with van der Waals surface area (Å²) in [6.07, 6.45) is 9.62. The van der Waals surface area contributed by atoms with Crippen molar-refractivity contribution in [1.82, 2.24) is 0 Å². The van der Waals surface area contributed by atoms with Gasteiger partial charge in [-0.25, -0.2) is 0 Å². The number of hydrogen-bond acceptors (Lipinski definition) is 1. The summed E-state index contributed by atoms with van der Waals surface area (Å²) in [5, 5.41) is 12.0. The molecule has 1 N–H and O–H groups in total. The summed E-state index contributed by atoms with van der Waals surface area (Å²) in [4.78, 5) is 0. The maximum absolute atomic E-state index is 12.0. The van der Waals surface area contributed by atoms with Gasteiger partial charge in [0.05, 0.1) is 0 Å². The van der Waals surface area contributed by atoms with E-state index in [0.717, 1.165) is 36.0 Å². The average molecular weight is 404 g/mol. The van der Waals surface area contributed by atoms with E-state index in [1.165, 1.54) is 17.4 Å². The lowest BCUT2D eigenvalue weighted by molar-refractivity contribution is -0.528. The van der Waals surface area contributed by atoms with E-state index >= 15 is 0 Å². The second kappa shape index (κ2) is 8.19. The molecule has 0 saturated carbocycles. The minimum Gasteiger partial charge on any atom is -0.595 e. The standard InChI is InChI=1S/C18H34BIO/c1-7-13-15(9-3)19(21,16(10-4)14-8-2)18(12-6)17(11-5)20-18/h13-14,17,21H,7-12H2,1-6H3/b15-13+,16-14+. The Morgan fingerprint density at radius 1 is 1.00 bits per heavy atom. The van der Waals surface area contributed by atoms with Crippen LogP contribution in [-0.4, -0.2) is 18.6 Å². The van der Waals surface area contributed by atoms with Gasteiger partial charge < -0.3 is 5.02 Å². The van der Waals surface area contributed by atoms with Crippen LogP contribution in [0.25, 0.3) is 0 Å². The number of alkyl halides is 2. The van der Waals surface area contributed by atoms with Gasteiger partial charge in [-0.1, -0.05) is 54.4 Å². The van der Waals surface area contributed by atoms with Crippen molar-refractivity contribution in [3.05, 3.63) is 23.1 Å². The Kier molecular flexibility index (Phi) is 7.52. The molecule has 1 heterocycles. The molecular formula is C18H34BIO. The summed E-state index contributed by atoms with van der Waals surface area (Å²) in [6.45, 7) is 13.4. The zero-order chi connectivity index (χ0) is 16.1. The largest absolute Gasteiger partial charge is 0.595 e. The number of allylic oxidation sites excluding steroid dienone is 4. The van der Waals surface area contributed by atoms with Crippen LogP contribution in [0, 0.1) is 0 Å². The van der Waals surface area contributed by atoms with Gasteiger partial charge in [0.1, 0.15) is 3.32 Å². The molecule has 0 amide bonds. The molecule has 0 aromatic heterocycles. The lowest BCUT2D eigenvalue weighted by atomic mass is 9.23. The molecule has 0 aromatic carbocycles. The zero-order valence-electron chi connectivity index (χ0n) is 14.9. The van der Waals surface area contributed by atoms with E-state index in [9.17, 15) is 5.02 Å². The van der Waals surface area contributed by atoms with E-state index in [1.54, 1.807) is 0 Å². The Balaban J connectivity index is 3.43. The predicted octanol–water partition coefficient (Wildman–Crippen LogP) is 2.06. The molecule has 0 spiro atoms. The van der Waals surface area contributed by atoms with Crippen molar-refractivity contribution >= 4 is 6.35 Å². The second-order valence-electron chi connectivity index (χ2n) is 6.17. The molecule has 0 aliphatic carbocycles. The maximum Gasteiger partial charge on any atom is 0.247 e. The first kappa shape index (κ1) is 19.3. The Hall–Kier alpha value is 0.235. The van der Waals surface area contributed by atoms with Crippen molar-refractivity contribution in [3.8, 4) is 0 Å². The van der Waals surface area contributed by atoms with Crippen molar-refractivity contribution in [3.63, 3.8) is 0 Å². The summed E-state index contributed by atoms with van der Waals surface area (Å²) in [5.74, 6) is 0. The predicted molar refractivity (Wildman–Crippen MR) is 92.4 cm³/mol. The normalized spacial score (nSPS) is 29.4. The summed E-state index contributed by atoms with van der Waals surface area (Å²) >= 11 is 0.126. The molecular weight excluding hydrogens is 370 g/mol. The Bertz CT molecular complexity index is 380. The third-order valence-corrected chi connectivity index (χ3v) is 10.9. The van der Waals surface area contributed by atoms with Gasteiger partial charge >= 0.3 is 0 Å². The van der Waals surface area contributed by atoms with Crippen LogP contribution in [0.4, 0.5) is 0 Å². The fourth-order valence-electron chi connectivity index (χ4n) is 4.18. The highest BCUT2D eigenvalue weighted by Gasteiger charge is 2.76. The SMILES string of the molecule is CC/C=C(\CC)[B-](O)(/C(=C/CC)CC)C1(CC)[I+]C1CC. The van der Waals surface area contributed by atoms with Gasteiger partial charge in [-0.15, -0.1) is 12.2 Å². The van der Waals surface area contributed by atoms with Crippen LogP contribution >= 0.6 is 0 Å². The fraction of sp³-hybridized carbons (Fsp3) is 0.778. The minimum absolute atomic E-state index is 0.126. The van der Waals surface area contributed by atoms with Crippen molar-refractivity contribution in [2.45, 2.75) is 87.3 Å². The molecule has 1 fully saturated rings. The van der Waals surface area contributed by atoms with E-state index in [0.29, 0.717) is 0 Å².